The average Bonchev–Trinajstić information content (AvgIpc) is 2.46. The number of hydrogen-bond donors (Lipinski definition) is 0. The van der Waals surface area contributed by atoms with Crippen molar-refractivity contribution in [3.63, 3.8) is 0 Å². The van der Waals surface area contributed by atoms with Gasteiger partial charge in [0.25, 0.3) is 5.91 Å². The van der Waals surface area contributed by atoms with Crippen molar-refractivity contribution in [2.24, 2.45) is 0 Å². The Morgan fingerprint density at radius 3 is 2.61 bits per heavy atom. The van der Waals surface area contributed by atoms with Crippen molar-refractivity contribution in [2.75, 3.05) is 32.9 Å². The fourth-order valence-corrected chi connectivity index (χ4v) is 1.67. The van der Waals surface area contributed by atoms with E-state index in [0.717, 1.165) is 0 Å². The number of hydrogen-bond acceptors (Lipinski definition) is 4. The van der Waals surface area contributed by atoms with Gasteiger partial charge in [0.1, 0.15) is 5.75 Å². The molecule has 1 fully saturated rings. The molecule has 2 rings (SSSR count). The van der Waals surface area contributed by atoms with Crippen LogP contribution in [0.5, 0.6) is 5.75 Å². The first-order valence-corrected chi connectivity index (χ1v) is 5.78. The molecule has 1 saturated heterocycles. The minimum atomic E-state index is -0.0392. The van der Waals surface area contributed by atoms with Crippen LogP contribution in [0.25, 0.3) is 0 Å². The fourth-order valence-electron chi connectivity index (χ4n) is 1.67. The molecule has 0 bridgehead atoms. The maximum Gasteiger partial charge on any atom is 0.260 e. The molecule has 0 spiro atoms. The maximum atomic E-state index is 11.8. The second-order valence-corrected chi connectivity index (χ2v) is 3.92. The number of carbonyl (C=O) groups excluding carboxylic acids is 1. The summed E-state index contributed by atoms with van der Waals surface area (Å²) >= 11 is 0. The second kappa shape index (κ2) is 6.03. The van der Waals surface area contributed by atoms with Gasteiger partial charge in [-0.15, -0.1) is 0 Å². The Labute approximate surface area is 106 Å². The number of rotatable bonds is 3. The van der Waals surface area contributed by atoms with E-state index in [1.54, 1.807) is 29.2 Å². The van der Waals surface area contributed by atoms with Crippen molar-refractivity contribution in [1.82, 2.24) is 4.90 Å². The van der Waals surface area contributed by atoms with E-state index >= 15 is 0 Å². The van der Waals surface area contributed by atoms with Crippen LogP contribution < -0.4 is 4.74 Å². The Hall–Kier alpha value is -2.06. The Bertz CT molecular complexity index is 444. The zero-order chi connectivity index (χ0) is 12.8. The third kappa shape index (κ3) is 3.22. The Morgan fingerprint density at radius 2 is 2.00 bits per heavy atom. The Kier molecular flexibility index (Phi) is 4.15. The number of ether oxygens (including phenoxy) is 2. The predicted molar refractivity (Wildman–Crippen MR) is 64.1 cm³/mol. The molecule has 1 heterocycles. The van der Waals surface area contributed by atoms with Crippen molar-refractivity contribution in [3.8, 4) is 11.8 Å². The molecular weight excluding hydrogens is 232 g/mol. The molecule has 5 heteroatoms. The fraction of sp³-hybridized carbons (Fsp3) is 0.385. The van der Waals surface area contributed by atoms with Crippen LogP contribution >= 0.6 is 0 Å². The molecule has 0 N–H and O–H groups in total. The number of carbonyl (C=O) groups is 1. The zero-order valence-electron chi connectivity index (χ0n) is 9.96. The lowest BCUT2D eigenvalue weighted by Crippen LogP contribution is -2.42. The quantitative estimate of drug-likeness (QED) is 0.791. The highest BCUT2D eigenvalue weighted by Crippen LogP contribution is 2.11. The van der Waals surface area contributed by atoms with Crippen LogP contribution in [0.3, 0.4) is 0 Å². The highest BCUT2D eigenvalue weighted by Gasteiger charge is 2.16. The number of amides is 1. The monoisotopic (exact) mass is 246 g/mol. The normalized spacial score (nSPS) is 14.9. The molecule has 0 aliphatic carbocycles. The van der Waals surface area contributed by atoms with Gasteiger partial charge in [-0.3, -0.25) is 4.79 Å². The summed E-state index contributed by atoms with van der Waals surface area (Å²) in [5.41, 5.74) is 0.571. The summed E-state index contributed by atoms with van der Waals surface area (Å²) in [7, 11) is 0. The van der Waals surface area contributed by atoms with Gasteiger partial charge >= 0.3 is 0 Å². The van der Waals surface area contributed by atoms with E-state index in [4.69, 9.17) is 14.7 Å². The van der Waals surface area contributed by atoms with Crippen LogP contribution in [0.15, 0.2) is 24.3 Å². The molecule has 5 nitrogen and oxygen atoms in total. The van der Waals surface area contributed by atoms with E-state index in [0.29, 0.717) is 37.6 Å². The number of morpholine rings is 1. The smallest absolute Gasteiger partial charge is 0.260 e. The summed E-state index contributed by atoms with van der Waals surface area (Å²) in [6, 6.07) is 8.72. The van der Waals surface area contributed by atoms with E-state index in [9.17, 15) is 4.79 Å². The minimum Gasteiger partial charge on any atom is -0.484 e. The van der Waals surface area contributed by atoms with E-state index in [-0.39, 0.29) is 12.5 Å². The van der Waals surface area contributed by atoms with Crippen molar-refractivity contribution in [2.45, 2.75) is 0 Å². The standard InChI is InChI=1S/C13H14N2O3/c14-9-11-1-3-12(4-2-11)18-10-13(16)15-5-7-17-8-6-15/h1-4H,5-8,10H2. The first kappa shape index (κ1) is 12.4. The zero-order valence-corrected chi connectivity index (χ0v) is 9.96. The van der Waals surface area contributed by atoms with Crippen LogP contribution in [0.4, 0.5) is 0 Å². The molecule has 0 atom stereocenters. The first-order valence-electron chi connectivity index (χ1n) is 5.78. The van der Waals surface area contributed by atoms with E-state index in [1.165, 1.54) is 0 Å². The van der Waals surface area contributed by atoms with E-state index in [2.05, 4.69) is 0 Å². The van der Waals surface area contributed by atoms with Gasteiger partial charge in [-0.05, 0) is 24.3 Å². The Balaban J connectivity index is 1.83. The molecule has 18 heavy (non-hydrogen) atoms. The molecule has 0 aromatic heterocycles. The third-order valence-electron chi connectivity index (χ3n) is 2.71. The van der Waals surface area contributed by atoms with Crippen LogP contribution in [0, 0.1) is 11.3 Å². The lowest BCUT2D eigenvalue weighted by atomic mass is 10.2. The molecule has 94 valence electrons. The molecule has 0 saturated carbocycles. The summed E-state index contributed by atoms with van der Waals surface area (Å²) in [5, 5.41) is 8.65. The van der Waals surface area contributed by atoms with Crippen LogP contribution in [-0.2, 0) is 9.53 Å². The average molecular weight is 246 g/mol. The van der Waals surface area contributed by atoms with Gasteiger partial charge in [-0.1, -0.05) is 0 Å². The molecule has 1 aliphatic heterocycles. The number of nitrogens with zero attached hydrogens (tertiary/aromatic N) is 2. The predicted octanol–water partition coefficient (Wildman–Crippen LogP) is 0.796. The second-order valence-electron chi connectivity index (χ2n) is 3.92. The van der Waals surface area contributed by atoms with Crippen LogP contribution in [0.2, 0.25) is 0 Å². The van der Waals surface area contributed by atoms with Crippen molar-refractivity contribution in [1.29, 1.82) is 5.26 Å². The van der Waals surface area contributed by atoms with Crippen molar-refractivity contribution in [3.05, 3.63) is 29.8 Å². The molecule has 0 radical (unpaired) electrons. The van der Waals surface area contributed by atoms with Gasteiger partial charge in [0.05, 0.1) is 24.8 Å². The molecule has 1 aromatic rings. The molecule has 1 amide bonds. The molecular formula is C13H14N2O3. The lowest BCUT2D eigenvalue weighted by Gasteiger charge is -2.26. The largest absolute Gasteiger partial charge is 0.484 e. The summed E-state index contributed by atoms with van der Waals surface area (Å²) in [5.74, 6) is 0.554. The van der Waals surface area contributed by atoms with E-state index < -0.39 is 0 Å². The van der Waals surface area contributed by atoms with Crippen molar-refractivity contribution >= 4 is 5.91 Å². The van der Waals surface area contributed by atoms with Gasteiger partial charge in [-0.2, -0.15) is 5.26 Å². The van der Waals surface area contributed by atoms with Crippen LogP contribution in [-0.4, -0.2) is 43.7 Å². The van der Waals surface area contributed by atoms with Gasteiger partial charge in [0, 0.05) is 13.1 Å². The SMILES string of the molecule is N#Cc1ccc(OCC(=O)N2CCOCC2)cc1. The Morgan fingerprint density at radius 1 is 1.33 bits per heavy atom. The van der Waals surface area contributed by atoms with Crippen LogP contribution in [0.1, 0.15) is 5.56 Å². The highest BCUT2D eigenvalue weighted by atomic mass is 16.5. The lowest BCUT2D eigenvalue weighted by molar-refractivity contribution is -0.137. The van der Waals surface area contributed by atoms with Gasteiger partial charge in [-0.25, -0.2) is 0 Å². The van der Waals surface area contributed by atoms with E-state index in [1.807, 2.05) is 6.07 Å². The first-order chi connectivity index (χ1) is 8.79. The minimum absolute atomic E-state index is 0.0197. The molecule has 1 aromatic carbocycles. The van der Waals surface area contributed by atoms with Gasteiger partial charge in [0.2, 0.25) is 0 Å². The maximum absolute atomic E-state index is 11.8. The summed E-state index contributed by atoms with van der Waals surface area (Å²) in [6.07, 6.45) is 0. The number of benzene rings is 1. The third-order valence-corrected chi connectivity index (χ3v) is 2.71. The molecule has 0 unspecified atom stereocenters. The highest BCUT2D eigenvalue weighted by molar-refractivity contribution is 5.77. The summed E-state index contributed by atoms with van der Waals surface area (Å²) < 4.78 is 10.6. The molecule has 1 aliphatic rings. The number of nitriles is 1. The van der Waals surface area contributed by atoms with Gasteiger partial charge < -0.3 is 14.4 Å². The summed E-state index contributed by atoms with van der Waals surface area (Å²) in [4.78, 5) is 13.5. The van der Waals surface area contributed by atoms with Gasteiger partial charge in [0.15, 0.2) is 6.61 Å². The topological polar surface area (TPSA) is 62.6 Å². The summed E-state index contributed by atoms with van der Waals surface area (Å²) in [6.45, 7) is 2.43. The van der Waals surface area contributed by atoms with Crippen molar-refractivity contribution < 1.29 is 14.3 Å².